The highest BCUT2D eigenvalue weighted by atomic mass is 16.5. The molecule has 38 heavy (non-hydrogen) atoms. The zero-order valence-corrected chi connectivity index (χ0v) is 22.5. The van der Waals surface area contributed by atoms with Crippen molar-refractivity contribution in [1.29, 1.82) is 0 Å². The van der Waals surface area contributed by atoms with E-state index in [2.05, 4.69) is 40.0 Å². The summed E-state index contributed by atoms with van der Waals surface area (Å²) in [7, 11) is 0. The van der Waals surface area contributed by atoms with Crippen molar-refractivity contribution in [1.82, 2.24) is 20.1 Å². The summed E-state index contributed by atoms with van der Waals surface area (Å²) >= 11 is 0. The largest absolute Gasteiger partial charge is 0.490 e. The molecule has 0 radical (unpaired) electrons. The van der Waals surface area contributed by atoms with E-state index in [9.17, 15) is 9.59 Å². The predicted molar refractivity (Wildman–Crippen MR) is 151 cm³/mol. The SMILES string of the molecule is C=C/C=C(\C=C/C)OC1CCN(C(=O)c2ccc(C(=O)NC3CCN(CC4=CCCC=C4)CC3)cn2)CC1. The Kier molecular flexibility index (Phi) is 10.1. The Labute approximate surface area is 226 Å². The minimum Gasteiger partial charge on any atom is -0.490 e. The molecule has 0 spiro atoms. The van der Waals surface area contributed by atoms with Gasteiger partial charge in [-0.1, -0.05) is 37.0 Å². The highest BCUT2D eigenvalue weighted by molar-refractivity contribution is 5.96. The molecule has 2 amide bonds. The molecular weight excluding hydrogens is 476 g/mol. The summed E-state index contributed by atoms with van der Waals surface area (Å²) in [6.45, 7) is 9.84. The number of carbonyl (C=O) groups is 2. The number of carbonyl (C=O) groups excluding carboxylic acids is 2. The van der Waals surface area contributed by atoms with Crippen LogP contribution >= 0.6 is 0 Å². The van der Waals surface area contributed by atoms with E-state index < -0.39 is 0 Å². The number of pyridine rings is 1. The molecule has 7 nitrogen and oxygen atoms in total. The van der Waals surface area contributed by atoms with Gasteiger partial charge >= 0.3 is 0 Å². The number of hydrogen-bond donors (Lipinski definition) is 1. The lowest BCUT2D eigenvalue weighted by atomic mass is 10.0. The summed E-state index contributed by atoms with van der Waals surface area (Å²) in [5.74, 6) is 0.541. The molecule has 3 heterocycles. The highest BCUT2D eigenvalue weighted by Crippen LogP contribution is 2.20. The van der Waals surface area contributed by atoms with Gasteiger partial charge in [0.2, 0.25) is 0 Å². The summed E-state index contributed by atoms with van der Waals surface area (Å²) in [5, 5.41) is 3.15. The van der Waals surface area contributed by atoms with Crippen LogP contribution in [0.4, 0.5) is 0 Å². The zero-order valence-electron chi connectivity index (χ0n) is 22.5. The molecule has 0 saturated carbocycles. The maximum Gasteiger partial charge on any atom is 0.272 e. The van der Waals surface area contributed by atoms with E-state index in [1.807, 2.05) is 25.2 Å². The first kappa shape index (κ1) is 27.6. The third kappa shape index (κ3) is 7.78. The van der Waals surface area contributed by atoms with Crippen LogP contribution in [0.5, 0.6) is 0 Å². The van der Waals surface area contributed by atoms with Crippen LogP contribution in [0, 0.1) is 0 Å². The molecule has 0 bridgehead atoms. The summed E-state index contributed by atoms with van der Waals surface area (Å²) < 4.78 is 6.05. The van der Waals surface area contributed by atoms with Crippen LogP contribution in [0.15, 0.2) is 78.8 Å². The fourth-order valence-corrected chi connectivity index (χ4v) is 5.15. The minimum absolute atomic E-state index is 0.0635. The number of rotatable bonds is 9. The molecule has 202 valence electrons. The molecule has 2 aliphatic heterocycles. The molecule has 1 N–H and O–H groups in total. The van der Waals surface area contributed by atoms with E-state index in [1.165, 1.54) is 11.8 Å². The third-order valence-corrected chi connectivity index (χ3v) is 7.29. The standard InChI is InChI=1S/C31H40N4O3/c1-3-8-27(9-4-2)38-28-16-20-35(21-17-28)31(37)29-13-12-25(22-32-29)30(36)33-26-14-18-34(19-15-26)23-24-10-6-5-7-11-24/h3-4,6,8-13,22,26,28H,1,5,7,14-21,23H2,2H3,(H,33,36)/b9-4-,27-8+. The molecule has 1 aromatic heterocycles. The van der Waals surface area contributed by atoms with Crippen LogP contribution in [0.25, 0.3) is 0 Å². The maximum absolute atomic E-state index is 13.0. The second-order valence-electron chi connectivity index (χ2n) is 10.1. The molecule has 2 saturated heterocycles. The first-order valence-electron chi connectivity index (χ1n) is 13.8. The van der Waals surface area contributed by atoms with Crippen molar-refractivity contribution in [2.24, 2.45) is 0 Å². The van der Waals surface area contributed by atoms with E-state index in [0.717, 1.165) is 63.9 Å². The van der Waals surface area contributed by atoms with E-state index in [0.29, 0.717) is 24.3 Å². The lowest BCUT2D eigenvalue weighted by Gasteiger charge is -2.33. The van der Waals surface area contributed by atoms with Gasteiger partial charge in [-0.3, -0.25) is 19.5 Å². The minimum atomic E-state index is -0.129. The molecule has 3 aliphatic rings. The first-order chi connectivity index (χ1) is 18.6. The Morgan fingerprint density at radius 3 is 2.55 bits per heavy atom. The monoisotopic (exact) mass is 516 g/mol. The van der Waals surface area contributed by atoms with Gasteiger partial charge in [-0.25, -0.2) is 0 Å². The van der Waals surface area contributed by atoms with E-state index in [4.69, 9.17) is 4.74 Å². The fourth-order valence-electron chi connectivity index (χ4n) is 5.15. The molecule has 1 aromatic rings. The lowest BCUT2D eigenvalue weighted by molar-refractivity contribution is 0.0434. The third-order valence-electron chi connectivity index (χ3n) is 7.29. The number of hydrogen-bond acceptors (Lipinski definition) is 5. The number of nitrogens with one attached hydrogen (secondary N) is 1. The second-order valence-corrected chi connectivity index (χ2v) is 10.1. The van der Waals surface area contributed by atoms with Crippen LogP contribution in [0.3, 0.4) is 0 Å². The number of allylic oxidation sites excluding steroid dienone is 6. The Morgan fingerprint density at radius 2 is 1.92 bits per heavy atom. The molecular formula is C31H40N4O3. The van der Waals surface area contributed by atoms with Gasteiger partial charge in [-0.2, -0.15) is 0 Å². The van der Waals surface area contributed by atoms with Gasteiger partial charge < -0.3 is 15.0 Å². The molecule has 0 atom stereocenters. The molecule has 7 heteroatoms. The Balaban J connectivity index is 1.21. The van der Waals surface area contributed by atoms with Gasteiger partial charge in [0.25, 0.3) is 11.8 Å². The number of piperidine rings is 2. The summed E-state index contributed by atoms with van der Waals surface area (Å²) in [6, 6.07) is 3.52. The lowest BCUT2D eigenvalue weighted by Crippen LogP contribution is -2.45. The molecule has 1 aliphatic carbocycles. The van der Waals surface area contributed by atoms with Crippen LogP contribution in [0.2, 0.25) is 0 Å². The average molecular weight is 517 g/mol. The van der Waals surface area contributed by atoms with Crippen LogP contribution in [-0.4, -0.2) is 71.5 Å². The quantitative estimate of drug-likeness (QED) is 0.376. The van der Waals surface area contributed by atoms with Gasteiger partial charge in [-0.05, 0) is 62.5 Å². The first-order valence-corrected chi connectivity index (χ1v) is 13.8. The molecule has 2 fully saturated rings. The van der Waals surface area contributed by atoms with Crippen molar-refractivity contribution >= 4 is 11.8 Å². The number of nitrogens with zero attached hydrogens (tertiary/aromatic N) is 3. The van der Waals surface area contributed by atoms with Crippen LogP contribution in [0.1, 0.15) is 66.3 Å². The fraction of sp³-hybridized carbons (Fsp3) is 0.452. The normalized spacial score (nSPS) is 19.9. The second kappa shape index (κ2) is 13.9. The van der Waals surface area contributed by atoms with E-state index >= 15 is 0 Å². The zero-order chi connectivity index (χ0) is 26.7. The molecule has 0 unspecified atom stereocenters. The van der Waals surface area contributed by atoms with Crippen LogP contribution in [-0.2, 0) is 4.74 Å². The maximum atomic E-state index is 13.0. The van der Waals surface area contributed by atoms with Gasteiger partial charge in [0, 0.05) is 57.8 Å². The summed E-state index contributed by atoms with van der Waals surface area (Å²) in [5.41, 5.74) is 2.25. The van der Waals surface area contributed by atoms with Gasteiger partial charge in [0.1, 0.15) is 17.6 Å². The topological polar surface area (TPSA) is 74.8 Å². The number of aromatic nitrogens is 1. The van der Waals surface area contributed by atoms with Crippen LogP contribution < -0.4 is 5.32 Å². The highest BCUT2D eigenvalue weighted by Gasteiger charge is 2.26. The van der Waals surface area contributed by atoms with Crippen molar-refractivity contribution in [3.8, 4) is 0 Å². The number of likely N-dealkylation sites (tertiary alicyclic amines) is 2. The predicted octanol–water partition coefficient (Wildman–Crippen LogP) is 4.82. The summed E-state index contributed by atoms with van der Waals surface area (Å²) in [6.07, 6.45) is 21.4. The molecule has 0 aromatic carbocycles. The molecule has 4 rings (SSSR count). The van der Waals surface area contributed by atoms with Gasteiger partial charge in [0.15, 0.2) is 0 Å². The van der Waals surface area contributed by atoms with Crippen molar-refractivity contribution in [3.05, 3.63) is 90.0 Å². The van der Waals surface area contributed by atoms with Gasteiger partial charge in [0.05, 0.1) is 5.56 Å². The summed E-state index contributed by atoms with van der Waals surface area (Å²) in [4.78, 5) is 34.4. The average Bonchev–Trinajstić information content (AvgIpc) is 2.95. The Bertz CT molecular complexity index is 1090. The van der Waals surface area contributed by atoms with Gasteiger partial charge in [-0.15, -0.1) is 0 Å². The number of amides is 2. The van der Waals surface area contributed by atoms with E-state index in [-0.39, 0.29) is 24.0 Å². The van der Waals surface area contributed by atoms with Crippen molar-refractivity contribution in [2.45, 2.75) is 57.6 Å². The smallest absolute Gasteiger partial charge is 0.272 e. The van der Waals surface area contributed by atoms with Crippen molar-refractivity contribution in [3.63, 3.8) is 0 Å². The Morgan fingerprint density at radius 1 is 1.13 bits per heavy atom. The van der Waals surface area contributed by atoms with E-state index in [1.54, 1.807) is 23.1 Å². The van der Waals surface area contributed by atoms with Crippen molar-refractivity contribution in [2.75, 3.05) is 32.7 Å². The Hall–Kier alpha value is -3.45. The van der Waals surface area contributed by atoms with Crippen molar-refractivity contribution < 1.29 is 14.3 Å². The number of ether oxygens (including phenoxy) is 1.